The molecule has 0 aliphatic rings. The van der Waals surface area contributed by atoms with E-state index >= 15 is 0 Å². The van der Waals surface area contributed by atoms with Crippen LogP contribution >= 0.6 is 38.6 Å². The van der Waals surface area contributed by atoms with Crippen molar-refractivity contribution in [3.63, 3.8) is 0 Å². The number of hydrogen-bond donors (Lipinski definition) is 1. The zero-order valence-electron chi connectivity index (χ0n) is 13.5. The third-order valence-corrected chi connectivity index (χ3v) is 6.31. The number of carbonyl (C=O) groups excluding carboxylic acids is 1. The summed E-state index contributed by atoms with van der Waals surface area (Å²) in [7, 11) is 0. The molecular formula is C20H13BrN2OS2. The minimum Gasteiger partial charge on any atom is -0.321 e. The van der Waals surface area contributed by atoms with E-state index in [2.05, 4.69) is 33.4 Å². The molecule has 0 radical (unpaired) electrons. The van der Waals surface area contributed by atoms with E-state index in [4.69, 9.17) is 4.98 Å². The molecule has 0 atom stereocenters. The highest BCUT2D eigenvalue weighted by atomic mass is 79.9. The van der Waals surface area contributed by atoms with Crippen molar-refractivity contribution in [1.82, 2.24) is 4.98 Å². The fourth-order valence-corrected chi connectivity index (χ4v) is 4.66. The van der Waals surface area contributed by atoms with Crippen LogP contribution in [-0.4, -0.2) is 10.9 Å². The van der Waals surface area contributed by atoms with E-state index in [9.17, 15) is 4.79 Å². The summed E-state index contributed by atoms with van der Waals surface area (Å²) in [6, 6.07) is 19.7. The molecule has 1 N–H and O–H groups in total. The zero-order chi connectivity index (χ0) is 17.9. The summed E-state index contributed by atoms with van der Waals surface area (Å²) in [6.45, 7) is 0. The summed E-state index contributed by atoms with van der Waals surface area (Å²) in [5.74, 6) is -0.110. The molecular weight excluding hydrogens is 428 g/mol. The lowest BCUT2D eigenvalue weighted by Gasteiger charge is -2.05. The van der Waals surface area contributed by atoms with Gasteiger partial charge in [-0.2, -0.15) is 0 Å². The number of carbonyl (C=O) groups is 1. The van der Waals surface area contributed by atoms with Crippen LogP contribution < -0.4 is 5.32 Å². The van der Waals surface area contributed by atoms with Gasteiger partial charge in [-0.1, -0.05) is 42.5 Å². The maximum atomic E-state index is 12.3. The summed E-state index contributed by atoms with van der Waals surface area (Å²) in [5.41, 5.74) is 3.75. The molecule has 128 valence electrons. The van der Waals surface area contributed by atoms with Gasteiger partial charge in [-0.15, -0.1) is 22.7 Å². The number of thiazole rings is 1. The summed E-state index contributed by atoms with van der Waals surface area (Å²) >= 11 is 6.40. The van der Waals surface area contributed by atoms with Gasteiger partial charge in [0.1, 0.15) is 5.01 Å². The number of amides is 1. The van der Waals surface area contributed by atoms with Crippen LogP contribution in [0.15, 0.2) is 75.9 Å². The van der Waals surface area contributed by atoms with Crippen molar-refractivity contribution in [3.8, 4) is 21.8 Å². The molecule has 4 rings (SSSR count). The lowest BCUT2D eigenvalue weighted by molar-refractivity contribution is 0.103. The smallest absolute Gasteiger partial charge is 0.265 e. The molecule has 2 heterocycles. The maximum Gasteiger partial charge on any atom is 0.265 e. The Kier molecular flexibility index (Phi) is 4.97. The van der Waals surface area contributed by atoms with Crippen molar-refractivity contribution in [3.05, 3.63) is 80.8 Å². The van der Waals surface area contributed by atoms with Crippen LogP contribution in [0.25, 0.3) is 21.8 Å². The predicted octanol–water partition coefficient (Wildman–Crippen LogP) is 6.55. The Morgan fingerprint density at radius 3 is 2.50 bits per heavy atom. The van der Waals surface area contributed by atoms with Crippen molar-refractivity contribution in [2.24, 2.45) is 0 Å². The molecule has 2 aromatic heterocycles. The monoisotopic (exact) mass is 440 g/mol. The SMILES string of the molecule is O=C(Nc1cccc(-c2csc(-c3ccccc3)n2)c1)c1cc(Br)cs1. The second kappa shape index (κ2) is 7.53. The van der Waals surface area contributed by atoms with Crippen molar-refractivity contribution in [2.75, 3.05) is 5.32 Å². The maximum absolute atomic E-state index is 12.3. The van der Waals surface area contributed by atoms with Crippen LogP contribution in [0.1, 0.15) is 9.67 Å². The Morgan fingerprint density at radius 1 is 0.923 bits per heavy atom. The van der Waals surface area contributed by atoms with Crippen LogP contribution in [-0.2, 0) is 0 Å². The molecule has 0 saturated heterocycles. The van der Waals surface area contributed by atoms with Gasteiger partial charge in [0.15, 0.2) is 0 Å². The molecule has 3 nitrogen and oxygen atoms in total. The van der Waals surface area contributed by atoms with Crippen molar-refractivity contribution in [1.29, 1.82) is 0 Å². The van der Waals surface area contributed by atoms with E-state index in [-0.39, 0.29) is 5.91 Å². The summed E-state index contributed by atoms with van der Waals surface area (Å²) in [5, 5.41) is 7.87. The van der Waals surface area contributed by atoms with Crippen LogP contribution in [0.5, 0.6) is 0 Å². The van der Waals surface area contributed by atoms with E-state index in [1.54, 1.807) is 11.3 Å². The average Bonchev–Trinajstić information content (AvgIpc) is 3.32. The van der Waals surface area contributed by atoms with Gasteiger partial charge < -0.3 is 5.32 Å². The first-order chi connectivity index (χ1) is 12.7. The van der Waals surface area contributed by atoms with Gasteiger partial charge in [-0.05, 0) is 34.1 Å². The molecule has 0 spiro atoms. The average molecular weight is 441 g/mol. The van der Waals surface area contributed by atoms with Gasteiger partial charge in [0.2, 0.25) is 0 Å². The summed E-state index contributed by atoms with van der Waals surface area (Å²) in [4.78, 5) is 17.7. The first-order valence-corrected chi connectivity index (χ1v) is 10.4. The number of halogens is 1. The van der Waals surface area contributed by atoms with Gasteiger partial charge in [0.25, 0.3) is 5.91 Å². The van der Waals surface area contributed by atoms with Gasteiger partial charge in [-0.25, -0.2) is 4.98 Å². The molecule has 0 unspecified atom stereocenters. The number of thiophene rings is 1. The highest BCUT2D eigenvalue weighted by Gasteiger charge is 2.11. The van der Waals surface area contributed by atoms with Crippen molar-refractivity contribution >= 4 is 50.2 Å². The number of anilines is 1. The van der Waals surface area contributed by atoms with E-state index in [1.807, 2.05) is 59.3 Å². The lowest BCUT2D eigenvalue weighted by Crippen LogP contribution is -2.09. The Labute approximate surface area is 167 Å². The molecule has 4 aromatic rings. The Hall–Kier alpha value is -2.28. The number of benzene rings is 2. The number of aromatic nitrogens is 1. The second-order valence-corrected chi connectivity index (χ2v) is 8.25. The number of hydrogen-bond acceptors (Lipinski definition) is 4. The molecule has 1 amide bonds. The van der Waals surface area contributed by atoms with Gasteiger partial charge in [0.05, 0.1) is 10.6 Å². The highest BCUT2D eigenvalue weighted by molar-refractivity contribution is 9.10. The number of rotatable bonds is 4. The summed E-state index contributed by atoms with van der Waals surface area (Å²) in [6.07, 6.45) is 0. The standard InChI is InChI=1S/C20H13BrN2OS2/c21-15-10-18(25-11-15)19(24)22-16-8-4-7-14(9-16)17-12-26-20(23-17)13-5-2-1-3-6-13/h1-12H,(H,22,24). The van der Waals surface area contributed by atoms with Crippen LogP contribution in [0.3, 0.4) is 0 Å². The van der Waals surface area contributed by atoms with Gasteiger partial charge in [0, 0.05) is 32.0 Å². The third-order valence-electron chi connectivity index (χ3n) is 3.73. The zero-order valence-corrected chi connectivity index (χ0v) is 16.7. The van der Waals surface area contributed by atoms with Gasteiger partial charge in [-0.3, -0.25) is 4.79 Å². The lowest BCUT2D eigenvalue weighted by atomic mass is 10.1. The Morgan fingerprint density at radius 2 is 1.73 bits per heavy atom. The quantitative estimate of drug-likeness (QED) is 0.390. The van der Waals surface area contributed by atoms with E-state index < -0.39 is 0 Å². The molecule has 6 heteroatoms. The van der Waals surface area contributed by atoms with Crippen LogP contribution in [0, 0.1) is 0 Å². The van der Waals surface area contributed by atoms with Crippen LogP contribution in [0.4, 0.5) is 5.69 Å². The molecule has 0 aliphatic carbocycles. The molecule has 0 aliphatic heterocycles. The Balaban J connectivity index is 1.56. The second-order valence-electron chi connectivity index (χ2n) is 5.57. The summed E-state index contributed by atoms with van der Waals surface area (Å²) < 4.78 is 0.914. The van der Waals surface area contributed by atoms with E-state index in [1.165, 1.54) is 11.3 Å². The van der Waals surface area contributed by atoms with E-state index in [0.717, 1.165) is 32.0 Å². The van der Waals surface area contributed by atoms with Crippen molar-refractivity contribution < 1.29 is 4.79 Å². The first-order valence-electron chi connectivity index (χ1n) is 7.86. The molecule has 0 fully saturated rings. The first kappa shape index (κ1) is 17.1. The minimum absolute atomic E-state index is 0.110. The minimum atomic E-state index is -0.110. The fourth-order valence-electron chi connectivity index (χ4n) is 2.50. The highest BCUT2D eigenvalue weighted by Crippen LogP contribution is 2.30. The molecule has 0 saturated carbocycles. The Bertz CT molecular complexity index is 1060. The number of nitrogens with one attached hydrogen (secondary N) is 1. The van der Waals surface area contributed by atoms with Crippen molar-refractivity contribution in [2.45, 2.75) is 0 Å². The molecule has 2 aromatic carbocycles. The van der Waals surface area contributed by atoms with Gasteiger partial charge >= 0.3 is 0 Å². The topological polar surface area (TPSA) is 42.0 Å². The molecule has 26 heavy (non-hydrogen) atoms. The molecule has 0 bridgehead atoms. The van der Waals surface area contributed by atoms with E-state index in [0.29, 0.717) is 4.88 Å². The fraction of sp³-hybridized carbons (Fsp3) is 0. The number of nitrogens with zero attached hydrogens (tertiary/aromatic N) is 1. The third kappa shape index (κ3) is 3.77. The predicted molar refractivity (Wildman–Crippen MR) is 113 cm³/mol. The normalized spacial score (nSPS) is 10.7. The van der Waals surface area contributed by atoms with Crippen LogP contribution in [0.2, 0.25) is 0 Å². The largest absolute Gasteiger partial charge is 0.321 e.